The molecule has 1 heterocycles. The molecule has 4 N–H and O–H groups in total. The first-order chi connectivity index (χ1) is 11.8. The lowest BCUT2D eigenvalue weighted by atomic mass is 10.6. The minimum Gasteiger partial charge on any atom is -0.362 e. The van der Waals surface area contributed by atoms with Crippen LogP contribution in [0.25, 0.3) is 0 Å². The summed E-state index contributed by atoms with van der Waals surface area (Å²) >= 11 is 0. The second-order valence-corrected chi connectivity index (χ2v) is 7.05. The number of hydrogen-bond donors (Lipinski definition) is 4. The van der Waals surface area contributed by atoms with Crippen LogP contribution in [-0.4, -0.2) is 81.9 Å². The van der Waals surface area contributed by atoms with Crippen molar-refractivity contribution < 1.29 is 67.4 Å². The Morgan fingerprint density at radius 1 is 0.714 bits per heavy atom. The van der Waals surface area contributed by atoms with E-state index in [2.05, 4.69) is 36.2 Å². The standard InChI is InChI=1S/C6H12N2.4FHO3S/c1-3-8-5-4-7(2)6-8;4*1-5(2,3)4/h4-5H,3,6H2,1-2H3;4*(H,2,3,4). The molecule has 0 aliphatic carbocycles. The van der Waals surface area contributed by atoms with Crippen molar-refractivity contribution >= 4 is 42.0 Å². The van der Waals surface area contributed by atoms with Crippen molar-refractivity contribution in [2.24, 2.45) is 0 Å². The van der Waals surface area contributed by atoms with Crippen LogP contribution in [0.4, 0.5) is 15.5 Å². The maximum atomic E-state index is 10.2. The van der Waals surface area contributed by atoms with Crippen LogP contribution in [0.2, 0.25) is 0 Å². The van der Waals surface area contributed by atoms with Gasteiger partial charge in [-0.05, 0) is 6.92 Å². The average molecular weight is 512 g/mol. The summed E-state index contributed by atoms with van der Waals surface area (Å²) in [6.45, 7) is 4.32. The van der Waals surface area contributed by atoms with Crippen molar-refractivity contribution in [1.82, 2.24) is 9.80 Å². The summed E-state index contributed by atoms with van der Waals surface area (Å²) in [7, 11) is -18.6. The Bertz CT molecular complexity index is 702. The van der Waals surface area contributed by atoms with Gasteiger partial charge in [0, 0.05) is 26.0 Å². The molecule has 0 unspecified atom stereocenters. The van der Waals surface area contributed by atoms with E-state index in [1.165, 1.54) is 0 Å². The maximum absolute atomic E-state index is 10.2. The fourth-order valence-corrected chi connectivity index (χ4v) is 0.794. The normalized spacial score (nSPS) is 13.5. The van der Waals surface area contributed by atoms with Gasteiger partial charge in [0.15, 0.2) is 0 Å². The van der Waals surface area contributed by atoms with Gasteiger partial charge < -0.3 is 9.80 Å². The van der Waals surface area contributed by atoms with Gasteiger partial charge in [-0.3, -0.25) is 18.2 Å². The Kier molecular flexibility index (Phi) is 17.9. The van der Waals surface area contributed by atoms with E-state index in [0.29, 0.717) is 0 Å². The SMILES string of the molecule is CCN1C=CN(C)C1.O=S(=O)(O)F.O=S(=O)(O)F.O=S(=O)(O)F.O=S(=O)(O)F. The monoisotopic (exact) mass is 512 g/mol. The van der Waals surface area contributed by atoms with E-state index < -0.39 is 42.0 Å². The predicted octanol–water partition coefficient (Wildman–Crippen LogP) is -0.283. The molecule has 22 heteroatoms. The van der Waals surface area contributed by atoms with Crippen molar-refractivity contribution in [2.45, 2.75) is 6.92 Å². The molecule has 0 aromatic rings. The van der Waals surface area contributed by atoms with Crippen molar-refractivity contribution in [1.29, 1.82) is 0 Å². The zero-order valence-electron chi connectivity index (χ0n) is 13.7. The zero-order chi connectivity index (χ0) is 24.0. The molecule has 1 rings (SSSR count). The largest absolute Gasteiger partial charge is 0.435 e. The van der Waals surface area contributed by atoms with Gasteiger partial charge >= 0.3 is 42.0 Å². The smallest absolute Gasteiger partial charge is 0.362 e. The number of rotatable bonds is 1. The molecule has 1 aliphatic heterocycles. The lowest BCUT2D eigenvalue weighted by molar-refractivity contribution is 0.308. The molecule has 0 aromatic carbocycles. The van der Waals surface area contributed by atoms with Gasteiger partial charge in [0.05, 0.1) is 6.67 Å². The zero-order valence-corrected chi connectivity index (χ0v) is 16.9. The summed E-state index contributed by atoms with van der Waals surface area (Å²) in [4.78, 5) is 4.41. The first kappa shape index (κ1) is 34.2. The number of hydrogen-bond acceptors (Lipinski definition) is 10. The molecule has 28 heavy (non-hydrogen) atoms. The van der Waals surface area contributed by atoms with Crippen LogP contribution in [0.1, 0.15) is 6.92 Å². The summed E-state index contributed by atoms with van der Waals surface area (Å²) in [6.07, 6.45) is 4.20. The first-order valence-corrected chi connectivity index (χ1v) is 11.0. The highest BCUT2D eigenvalue weighted by Gasteiger charge is 2.03. The summed E-state index contributed by atoms with van der Waals surface area (Å²) in [5, 5.41) is 0. The molecule has 0 spiro atoms. The lowest BCUT2D eigenvalue weighted by Crippen LogP contribution is -2.21. The topological polar surface area (TPSA) is 224 Å². The molecule has 0 aromatic heterocycles. The van der Waals surface area contributed by atoms with E-state index in [9.17, 15) is 15.5 Å². The van der Waals surface area contributed by atoms with E-state index in [-0.39, 0.29) is 0 Å². The Balaban J connectivity index is -0.000000131. The highest BCUT2D eigenvalue weighted by molar-refractivity contribution is 7.81. The van der Waals surface area contributed by atoms with Gasteiger partial charge in [0.1, 0.15) is 0 Å². The third kappa shape index (κ3) is 147. The van der Waals surface area contributed by atoms with E-state index in [1.807, 2.05) is 0 Å². The number of nitrogens with zero attached hydrogens (tertiary/aromatic N) is 2. The molecule has 0 radical (unpaired) electrons. The van der Waals surface area contributed by atoms with Crippen molar-refractivity contribution in [3.8, 4) is 0 Å². The fourth-order valence-electron chi connectivity index (χ4n) is 0.794. The summed E-state index contributed by atoms with van der Waals surface area (Å²) in [5.41, 5.74) is 0. The van der Waals surface area contributed by atoms with Crippen molar-refractivity contribution in [3.05, 3.63) is 12.4 Å². The highest BCUT2D eigenvalue weighted by Crippen LogP contribution is 2.00. The molecule has 0 amide bonds. The predicted molar refractivity (Wildman–Crippen MR) is 84.8 cm³/mol. The Morgan fingerprint density at radius 2 is 0.929 bits per heavy atom. The quantitative estimate of drug-likeness (QED) is 0.201. The highest BCUT2D eigenvalue weighted by atomic mass is 32.3. The van der Waals surface area contributed by atoms with Gasteiger partial charge in [-0.25, -0.2) is 0 Å². The second kappa shape index (κ2) is 14.7. The van der Waals surface area contributed by atoms with Crippen LogP contribution in [0.15, 0.2) is 12.4 Å². The molecule has 174 valence electrons. The molecule has 0 saturated carbocycles. The third-order valence-corrected chi connectivity index (χ3v) is 1.34. The number of halogens is 4. The average Bonchev–Trinajstić information content (AvgIpc) is 2.65. The second-order valence-electron chi connectivity index (χ2n) is 3.75. The van der Waals surface area contributed by atoms with E-state index in [0.717, 1.165) is 13.2 Å². The third-order valence-electron chi connectivity index (χ3n) is 1.34. The molecule has 0 atom stereocenters. The maximum Gasteiger partial charge on any atom is 0.435 e. The minimum absolute atomic E-state index is 1.05. The van der Waals surface area contributed by atoms with Crippen LogP contribution in [0.3, 0.4) is 0 Å². The van der Waals surface area contributed by atoms with E-state index >= 15 is 0 Å². The van der Waals surface area contributed by atoms with Crippen molar-refractivity contribution in [3.63, 3.8) is 0 Å². The Labute approximate surface area is 159 Å². The molecule has 1 aliphatic rings. The van der Waals surface area contributed by atoms with E-state index in [4.69, 9.17) is 51.9 Å². The molecule has 0 fully saturated rings. The fraction of sp³-hybridized carbons (Fsp3) is 0.667. The summed E-state index contributed by atoms with van der Waals surface area (Å²) < 4.78 is 136. The van der Waals surface area contributed by atoms with Gasteiger partial charge in [-0.1, -0.05) is 15.5 Å². The van der Waals surface area contributed by atoms with Crippen LogP contribution < -0.4 is 0 Å². The van der Waals surface area contributed by atoms with Crippen molar-refractivity contribution in [2.75, 3.05) is 20.3 Å². The Hall–Kier alpha value is -1.30. The van der Waals surface area contributed by atoms with Gasteiger partial charge in [-0.15, -0.1) is 0 Å². The van der Waals surface area contributed by atoms with Crippen LogP contribution >= 0.6 is 0 Å². The first-order valence-electron chi connectivity index (χ1n) is 5.63. The summed E-state index contributed by atoms with van der Waals surface area (Å²) in [5.74, 6) is 0. The van der Waals surface area contributed by atoms with Crippen LogP contribution in [0, 0.1) is 0 Å². The van der Waals surface area contributed by atoms with Gasteiger partial charge in [0.2, 0.25) is 0 Å². The minimum atomic E-state index is -5.17. The van der Waals surface area contributed by atoms with E-state index in [1.54, 1.807) is 0 Å². The van der Waals surface area contributed by atoms with Crippen LogP contribution in [0.5, 0.6) is 0 Å². The van der Waals surface area contributed by atoms with Gasteiger partial charge in [-0.2, -0.15) is 33.7 Å². The van der Waals surface area contributed by atoms with Crippen LogP contribution in [-0.2, 0) is 42.0 Å². The summed E-state index contributed by atoms with van der Waals surface area (Å²) in [6, 6.07) is 0. The lowest BCUT2D eigenvalue weighted by Gasteiger charge is -2.14. The molecular weight excluding hydrogens is 496 g/mol. The molecule has 0 bridgehead atoms. The Morgan fingerprint density at radius 3 is 1.00 bits per heavy atom. The molecule has 14 nitrogen and oxygen atoms in total. The molecular formula is C6H16F4N2O12S4. The molecule has 0 saturated heterocycles. The van der Waals surface area contributed by atoms with Gasteiger partial charge in [0.25, 0.3) is 0 Å².